The normalized spacial score (nSPS) is 11.7. The van der Waals surface area contributed by atoms with Gasteiger partial charge < -0.3 is 24.3 Å². The molecule has 3 rings (SSSR count). The van der Waals surface area contributed by atoms with Crippen LogP contribution in [0.15, 0.2) is 48.8 Å². The number of aromatic nitrogens is 3. The van der Waals surface area contributed by atoms with Crippen molar-refractivity contribution in [2.45, 2.75) is 38.9 Å². The first-order chi connectivity index (χ1) is 16.3. The molecule has 0 aliphatic rings. The number of aromatic carboxylic acids is 1. The smallest absolute Gasteiger partial charge is 0.337 e. The molecule has 0 spiro atoms. The molecule has 2 heterocycles. The summed E-state index contributed by atoms with van der Waals surface area (Å²) in [4.78, 5) is 28.0. The van der Waals surface area contributed by atoms with Gasteiger partial charge in [-0.25, -0.2) is 9.78 Å². The van der Waals surface area contributed by atoms with E-state index in [1.54, 1.807) is 36.1 Å². The summed E-state index contributed by atoms with van der Waals surface area (Å²) in [5.74, 6) is -0.265. The van der Waals surface area contributed by atoms with E-state index in [-0.39, 0.29) is 34.6 Å². The van der Waals surface area contributed by atoms with Crippen LogP contribution in [0.25, 0.3) is 0 Å². The molecular formula is C24H30N4O6Si. The number of carboxylic acids is 1. The lowest BCUT2D eigenvalue weighted by Gasteiger charge is -2.35. The van der Waals surface area contributed by atoms with Gasteiger partial charge in [0.1, 0.15) is 11.5 Å². The Balaban J connectivity index is 1.83. The van der Waals surface area contributed by atoms with Crippen LogP contribution < -0.4 is 14.8 Å². The summed E-state index contributed by atoms with van der Waals surface area (Å²) in [5, 5.41) is 16.0. The van der Waals surface area contributed by atoms with Crippen molar-refractivity contribution in [1.29, 1.82) is 0 Å². The summed E-state index contributed by atoms with van der Waals surface area (Å²) in [6, 6.07) is 9.22. The molecule has 11 heteroatoms. The third-order valence-corrected chi connectivity index (χ3v) is 10.2. The van der Waals surface area contributed by atoms with Gasteiger partial charge >= 0.3 is 5.97 Å². The topological polar surface area (TPSA) is 125 Å². The molecule has 10 nitrogen and oxygen atoms in total. The molecule has 186 valence electrons. The highest BCUT2D eigenvalue weighted by atomic mass is 28.4. The number of pyridine rings is 1. The minimum atomic E-state index is -2.04. The lowest BCUT2D eigenvalue weighted by molar-refractivity contribution is 0.0696. The van der Waals surface area contributed by atoms with Crippen molar-refractivity contribution in [3.63, 3.8) is 0 Å². The van der Waals surface area contributed by atoms with E-state index in [1.165, 1.54) is 24.4 Å². The number of anilines is 1. The zero-order valence-electron chi connectivity index (χ0n) is 20.7. The van der Waals surface area contributed by atoms with Gasteiger partial charge in [0, 0.05) is 43.2 Å². The Hall–Kier alpha value is -3.70. The van der Waals surface area contributed by atoms with Crippen molar-refractivity contribution in [1.82, 2.24) is 14.8 Å². The van der Waals surface area contributed by atoms with E-state index in [2.05, 4.69) is 49.3 Å². The summed E-state index contributed by atoms with van der Waals surface area (Å²) >= 11 is 0. The molecule has 0 fully saturated rings. The Morgan fingerprint density at radius 1 is 1.09 bits per heavy atom. The maximum atomic E-state index is 12.9. The zero-order valence-corrected chi connectivity index (χ0v) is 21.7. The van der Waals surface area contributed by atoms with E-state index in [0.717, 1.165) is 0 Å². The van der Waals surface area contributed by atoms with Gasteiger partial charge in [-0.1, -0.05) is 20.8 Å². The summed E-state index contributed by atoms with van der Waals surface area (Å²) in [5.41, 5.74) is 0.310. The van der Waals surface area contributed by atoms with Gasteiger partial charge in [0.25, 0.3) is 5.91 Å². The van der Waals surface area contributed by atoms with Crippen LogP contribution in [0.1, 0.15) is 41.5 Å². The number of rotatable bonds is 9. The Labute approximate surface area is 205 Å². The molecule has 0 unspecified atom stereocenters. The monoisotopic (exact) mass is 498 g/mol. The third kappa shape index (κ3) is 6.90. The summed E-state index contributed by atoms with van der Waals surface area (Å²) in [6.07, 6.45) is 2.91. The van der Waals surface area contributed by atoms with Gasteiger partial charge in [-0.15, -0.1) is 0 Å². The first-order valence-corrected chi connectivity index (χ1v) is 13.8. The summed E-state index contributed by atoms with van der Waals surface area (Å²) in [7, 11) is -0.285. The molecule has 2 aromatic heterocycles. The van der Waals surface area contributed by atoms with Gasteiger partial charge in [-0.2, -0.15) is 5.10 Å². The van der Waals surface area contributed by atoms with Gasteiger partial charge in [0.2, 0.25) is 5.88 Å². The highest BCUT2D eigenvalue weighted by Gasteiger charge is 2.37. The van der Waals surface area contributed by atoms with E-state index in [4.69, 9.17) is 19.0 Å². The van der Waals surface area contributed by atoms with Crippen LogP contribution in [-0.4, -0.2) is 46.9 Å². The van der Waals surface area contributed by atoms with Crippen LogP contribution >= 0.6 is 0 Å². The first-order valence-electron chi connectivity index (χ1n) is 10.9. The van der Waals surface area contributed by atoms with Crippen molar-refractivity contribution < 1.29 is 28.6 Å². The van der Waals surface area contributed by atoms with E-state index < -0.39 is 20.2 Å². The molecular weight excluding hydrogens is 468 g/mol. The minimum absolute atomic E-state index is 0.0167. The molecule has 0 radical (unpaired) electrons. The van der Waals surface area contributed by atoms with Gasteiger partial charge in [-0.05, 0) is 36.3 Å². The first kappa shape index (κ1) is 25.9. The zero-order chi connectivity index (χ0) is 25.8. The van der Waals surface area contributed by atoms with Gasteiger partial charge in [0.15, 0.2) is 20.9 Å². The fourth-order valence-corrected chi connectivity index (χ4v) is 3.45. The molecule has 0 atom stereocenters. The molecule has 3 aromatic rings. The number of hydrogen-bond acceptors (Lipinski definition) is 7. The number of nitrogens with zero attached hydrogens (tertiary/aromatic N) is 3. The number of aryl methyl sites for hydroxylation is 1. The largest absolute Gasteiger partial charge is 0.478 e. The van der Waals surface area contributed by atoms with Crippen LogP contribution in [0, 0.1) is 0 Å². The molecule has 0 saturated heterocycles. The number of carbonyl (C=O) groups is 2. The highest BCUT2D eigenvalue weighted by molar-refractivity contribution is 6.74. The van der Waals surface area contributed by atoms with Crippen LogP contribution in [0.3, 0.4) is 0 Å². The number of ether oxygens (including phenoxy) is 2. The quantitative estimate of drug-likeness (QED) is 0.315. The number of carbonyl (C=O) groups excluding carboxylic acids is 1. The fraction of sp³-hybridized carbons (Fsp3) is 0.333. The Bertz CT molecular complexity index is 1200. The fourth-order valence-electron chi connectivity index (χ4n) is 2.66. The molecule has 0 saturated carbocycles. The molecule has 1 amide bonds. The number of nitrogens with one attached hydrogen (secondary N) is 1. The lowest BCUT2D eigenvalue weighted by atomic mass is 10.2. The third-order valence-electron chi connectivity index (χ3n) is 5.75. The highest BCUT2D eigenvalue weighted by Crippen LogP contribution is 2.36. The van der Waals surface area contributed by atoms with Crippen molar-refractivity contribution in [2.24, 2.45) is 7.05 Å². The van der Waals surface area contributed by atoms with Crippen LogP contribution in [-0.2, 0) is 11.5 Å². The predicted molar refractivity (Wildman–Crippen MR) is 133 cm³/mol. The van der Waals surface area contributed by atoms with E-state index in [1.807, 2.05) is 0 Å². The lowest BCUT2D eigenvalue weighted by Crippen LogP contribution is -2.41. The van der Waals surface area contributed by atoms with Crippen molar-refractivity contribution in [3.05, 3.63) is 59.9 Å². The Morgan fingerprint density at radius 3 is 2.37 bits per heavy atom. The average Bonchev–Trinajstić information content (AvgIpc) is 3.17. The second-order valence-corrected chi connectivity index (χ2v) is 14.3. The van der Waals surface area contributed by atoms with Crippen LogP contribution in [0.5, 0.6) is 17.4 Å². The van der Waals surface area contributed by atoms with Gasteiger partial charge in [-0.3, -0.25) is 9.48 Å². The number of carboxylic acid groups (broad SMARTS) is 1. The standard InChI is InChI=1S/C24H30N4O6Si/c1-24(2,3)35(5,6)33-15-32-18-11-17(22(29)26-20-9-10-28(4)27-20)12-19(13-18)34-21-8-7-16(14-25-21)23(30)31/h7-14H,15H2,1-6H3,(H,30,31)(H,26,27,29). The van der Waals surface area contributed by atoms with Crippen molar-refractivity contribution >= 4 is 26.0 Å². The average molecular weight is 499 g/mol. The van der Waals surface area contributed by atoms with E-state index in [9.17, 15) is 9.59 Å². The summed E-state index contributed by atoms with van der Waals surface area (Å²) < 4.78 is 19.3. The molecule has 2 N–H and O–H groups in total. The molecule has 35 heavy (non-hydrogen) atoms. The second kappa shape index (κ2) is 10.3. The van der Waals surface area contributed by atoms with Crippen molar-refractivity contribution in [2.75, 3.05) is 12.1 Å². The number of amides is 1. The van der Waals surface area contributed by atoms with Crippen LogP contribution in [0.2, 0.25) is 18.1 Å². The van der Waals surface area contributed by atoms with Gasteiger partial charge in [0.05, 0.1) is 5.56 Å². The van der Waals surface area contributed by atoms with E-state index in [0.29, 0.717) is 11.6 Å². The Morgan fingerprint density at radius 2 is 1.80 bits per heavy atom. The van der Waals surface area contributed by atoms with Crippen LogP contribution in [0.4, 0.5) is 5.82 Å². The molecule has 0 aliphatic heterocycles. The maximum absolute atomic E-state index is 12.9. The minimum Gasteiger partial charge on any atom is -0.478 e. The number of hydrogen-bond donors (Lipinski definition) is 2. The predicted octanol–water partition coefficient (Wildman–Crippen LogP) is 4.92. The maximum Gasteiger partial charge on any atom is 0.337 e. The molecule has 0 bridgehead atoms. The van der Waals surface area contributed by atoms with Crippen molar-refractivity contribution in [3.8, 4) is 17.4 Å². The Kier molecular flexibility index (Phi) is 7.61. The molecule has 0 aliphatic carbocycles. The number of benzene rings is 1. The van der Waals surface area contributed by atoms with E-state index >= 15 is 0 Å². The second-order valence-electron chi connectivity index (χ2n) is 9.48. The SMILES string of the molecule is Cn1ccc(NC(=O)c2cc(OCO[Si](C)(C)C(C)(C)C)cc(Oc3ccc(C(=O)O)cn3)c2)n1. The molecule has 1 aromatic carbocycles. The summed E-state index contributed by atoms with van der Waals surface area (Å²) in [6.45, 7) is 10.7.